The van der Waals surface area contributed by atoms with Crippen LogP contribution in [0.2, 0.25) is 0 Å². The maximum atomic E-state index is 12.1. The molecule has 0 atom stereocenters. The summed E-state index contributed by atoms with van der Waals surface area (Å²) in [6, 6.07) is 7.35. The molecule has 0 N–H and O–H groups in total. The normalized spacial score (nSPS) is 11.2. The number of carbonyl (C=O) groups is 1. The number of hydrogen-bond donors (Lipinski definition) is 0. The molecule has 1 rings (SSSR count). The van der Waals surface area contributed by atoms with Gasteiger partial charge in [0.2, 0.25) is 0 Å². The summed E-state index contributed by atoms with van der Waals surface area (Å²) in [4.78, 5) is 17.9. The standard InChI is InChI=1S/C14H18N2O/c1-4-6-11-16(3)14(17)12-9-7-8-10-13(12)15-5-2/h5-11H,4H2,1-3H3/b11-6-,15-5?. The average molecular weight is 230 g/mol. The lowest BCUT2D eigenvalue weighted by Crippen LogP contribution is -2.20. The smallest absolute Gasteiger partial charge is 0.259 e. The monoisotopic (exact) mass is 230 g/mol. The molecule has 0 aliphatic rings. The third-order valence-electron chi connectivity index (χ3n) is 2.29. The topological polar surface area (TPSA) is 32.7 Å². The Balaban J connectivity index is 2.99. The van der Waals surface area contributed by atoms with Crippen LogP contribution in [-0.2, 0) is 0 Å². The molecule has 0 heterocycles. The SMILES string of the molecule is CC=Nc1ccccc1C(=O)N(C)/C=C\CC. The van der Waals surface area contributed by atoms with Crippen LogP contribution < -0.4 is 0 Å². The summed E-state index contributed by atoms with van der Waals surface area (Å²) < 4.78 is 0. The van der Waals surface area contributed by atoms with E-state index in [9.17, 15) is 4.79 Å². The Hall–Kier alpha value is -1.90. The minimum Gasteiger partial charge on any atom is -0.318 e. The lowest BCUT2D eigenvalue weighted by atomic mass is 10.1. The van der Waals surface area contributed by atoms with Gasteiger partial charge >= 0.3 is 0 Å². The van der Waals surface area contributed by atoms with Crippen molar-refractivity contribution in [3.05, 3.63) is 42.1 Å². The largest absolute Gasteiger partial charge is 0.318 e. The highest BCUT2D eigenvalue weighted by atomic mass is 16.2. The molecule has 17 heavy (non-hydrogen) atoms. The molecular weight excluding hydrogens is 212 g/mol. The van der Waals surface area contributed by atoms with Crippen molar-refractivity contribution in [3.63, 3.8) is 0 Å². The predicted octanol–water partition coefficient (Wildman–Crippen LogP) is 3.40. The summed E-state index contributed by atoms with van der Waals surface area (Å²) in [6.45, 7) is 3.87. The molecule has 1 aromatic carbocycles. The molecule has 0 saturated heterocycles. The highest BCUT2D eigenvalue weighted by molar-refractivity contribution is 5.99. The fraction of sp³-hybridized carbons (Fsp3) is 0.286. The molecule has 0 aliphatic carbocycles. The molecule has 3 nitrogen and oxygen atoms in total. The van der Waals surface area contributed by atoms with Crippen LogP contribution in [0.4, 0.5) is 5.69 Å². The maximum absolute atomic E-state index is 12.1. The Bertz CT molecular complexity index is 436. The number of carbonyl (C=O) groups excluding carboxylic acids is 1. The molecule has 1 aromatic rings. The van der Waals surface area contributed by atoms with Crippen molar-refractivity contribution >= 4 is 17.8 Å². The van der Waals surface area contributed by atoms with Crippen molar-refractivity contribution in [3.8, 4) is 0 Å². The van der Waals surface area contributed by atoms with Gasteiger partial charge in [-0.3, -0.25) is 9.79 Å². The van der Waals surface area contributed by atoms with Crippen LogP contribution in [0.5, 0.6) is 0 Å². The summed E-state index contributed by atoms with van der Waals surface area (Å²) in [5, 5.41) is 0. The van der Waals surface area contributed by atoms with Gasteiger partial charge in [-0.2, -0.15) is 0 Å². The molecule has 3 heteroatoms. The van der Waals surface area contributed by atoms with Gasteiger partial charge in [-0.15, -0.1) is 0 Å². The molecule has 0 saturated carbocycles. The Kier molecular flexibility index (Phi) is 5.14. The maximum Gasteiger partial charge on any atom is 0.259 e. The van der Waals surface area contributed by atoms with Crippen molar-refractivity contribution < 1.29 is 4.79 Å². The van der Waals surface area contributed by atoms with Gasteiger partial charge < -0.3 is 4.90 Å². The molecule has 0 aromatic heterocycles. The third kappa shape index (κ3) is 3.55. The highest BCUT2D eigenvalue weighted by Gasteiger charge is 2.12. The fourth-order valence-corrected chi connectivity index (χ4v) is 1.43. The van der Waals surface area contributed by atoms with Crippen LogP contribution in [-0.4, -0.2) is 24.1 Å². The van der Waals surface area contributed by atoms with Crippen molar-refractivity contribution in [1.29, 1.82) is 0 Å². The van der Waals surface area contributed by atoms with E-state index in [0.717, 1.165) is 6.42 Å². The van der Waals surface area contributed by atoms with Crippen LogP contribution in [0, 0.1) is 0 Å². The summed E-state index contributed by atoms with van der Waals surface area (Å²) in [5.74, 6) is -0.0455. The van der Waals surface area contributed by atoms with E-state index in [1.54, 1.807) is 30.4 Å². The van der Waals surface area contributed by atoms with Gasteiger partial charge in [-0.05, 0) is 25.5 Å². The van der Waals surface area contributed by atoms with Gasteiger partial charge in [0.15, 0.2) is 0 Å². The van der Waals surface area contributed by atoms with Gasteiger partial charge in [0, 0.05) is 19.5 Å². The minimum atomic E-state index is -0.0455. The summed E-state index contributed by atoms with van der Waals surface area (Å²) in [5.41, 5.74) is 1.32. The molecule has 0 unspecified atom stereocenters. The Labute approximate surface area is 102 Å². The fourth-order valence-electron chi connectivity index (χ4n) is 1.43. The lowest BCUT2D eigenvalue weighted by molar-refractivity contribution is 0.0850. The van der Waals surface area contributed by atoms with Gasteiger partial charge in [-0.1, -0.05) is 25.1 Å². The quantitative estimate of drug-likeness (QED) is 0.729. The van der Waals surface area contributed by atoms with E-state index in [0.29, 0.717) is 11.3 Å². The van der Waals surface area contributed by atoms with Gasteiger partial charge in [0.05, 0.1) is 11.3 Å². The van der Waals surface area contributed by atoms with Gasteiger partial charge in [-0.25, -0.2) is 0 Å². The number of hydrogen-bond acceptors (Lipinski definition) is 2. The first-order chi connectivity index (χ1) is 8.20. The number of nitrogens with zero attached hydrogens (tertiary/aromatic N) is 2. The molecule has 0 fully saturated rings. The molecule has 1 amide bonds. The van der Waals surface area contributed by atoms with Crippen LogP contribution >= 0.6 is 0 Å². The Morgan fingerprint density at radius 2 is 2.12 bits per heavy atom. The molecule has 90 valence electrons. The second-order valence-electron chi connectivity index (χ2n) is 3.61. The first kappa shape index (κ1) is 13.2. The lowest BCUT2D eigenvalue weighted by Gasteiger charge is -2.13. The zero-order valence-corrected chi connectivity index (χ0v) is 10.6. The number of para-hydroxylation sites is 1. The number of allylic oxidation sites excluding steroid dienone is 1. The van der Waals surface area contributed by atoms with E-state index in [1.165, 1.54) is 0 Å². The van der Waals surface area contributed by atoms with E-state index in [-0.39, 0.29) is 5.91 Å². The zero-order valence-electron chi connectivity index (χ0n) is 10.6. The van der Waals surface area contributed by atoms with Crippen LogP contribution in [0.15, 0.2) is 41.5 Å². The van der Waals surface area contributed by atoms with Crippen LogP contribution in [0.3, 0.4) is 0 Å². The minimum absolute atomic E-state index is 0.0455. The molecule has 0 aliphatic heterocycles. The Morgan fingerprint density at radius 3 is 2.76 bits per heavy atom. The summed E-state index contributed by atoms with van der Waals surface area (Å²) in [7, 11) is 1.75. The number of amides is 1. The van der Waals surface area contributed by atoms with E-state index in [2.05, 4.69) is 4.99 Å². The second-order valence-corrected chi connectivity index (χ2v) is 3.61. The highest BCUT2D eigenvalue weighted by Crippen LogP contribution is 2.19. The molecule has 0 radical (unpaired) electrons. The van der Waals surface area contributed by atoms with Crippen molar-refractivity contribution in [2.45, 2.75) is 20.3 Å². The first-order valence-corrected chi connectivity index (χ1v) is 5.72. The number of aliphatic imine (C=N–C) groups is 1. The average Bonchev–Trinajstić information content (AvgIpc) is 2.36. The second kappa shape index (κ2) is 6.63. The van der Waals surface area contributed by atoms with Crippen LogP contribution in [0.1, 0.15) is 30.6 Å². The summed E-state index contributed by atoms with van der Waals surface area (Å²) in [6.07, 6.45) is 6.33. The number of rotatable bonds is 4. The first-order valence-electron chi connectivity index (χ1n) is 5.72. The van der Waals surface area contributed by atoms with E-state index in [1.807, 2.05) is 38.1 Å². The Morgan fingerprint density at radius 1 is 1.41 bits per heavy atom. The number of benzene rings is 1. The van der Waals surface area contributed by atoms with Crippen molar-refractivity contribution in [1.82, 2.24) is 4.90 Å². The van der Waals surface area contributed by atoms with E-state index >= 15 is 0 Å². The van der Waals surface area contributed by atoms with Crippen LogP contribution in [0.25, 0.3) is 0 Å². The third-order valence-corrected chi connectivity index (χ3v) is 2.29. The predicted molar refractivity (Wildman–Crippen MR) is 71.8 cm³/mol. The molecule has 0 spiro atoms. The zero-order chi connectivity index (χ0) is 12.7. The van der Waals surface area contributed by atoms with E-state index in [4.69, 9.17) is 0 Å². The van der Waals surface area contributed by atoms with E-state index < -0.39 is 0 Å². The molecular formula is C14H18N2O. The van der Waals surface area contributed by atoms with Crippen molar-refractivity contribution in [2.24, 2.45) is 4.99 Å². The van der Waals surface area contributed by atoms with Crippen molar-refractivity contribution in [2.75, 3.05) is 7.05 Å². The molecule has 0 bridgehead atoms. The summed E-state index contributed by atoms with van der Waals surface area (Å²) >= 11 is 0. The van der Waals surface area contributed by atoms with Gasteiger partial charge in [0.25, 0.3) is 5.91 Å². The van der Waals surface area contributed by atoms with Gasteiger partial charge in [0.1, 0.15) is 0 Å².